The van der Waals surface area contributed by atoms with Gasteiger partial charge in [0.2, 0.25) is 5.91 Å². The lowest BCUT2D eigenvalue weighted by molar-refractivity contribution is -0.165. The summed E-state index contributed by atoms with van der Waals surface area (Å²) >= 11 is 2.13. The van der Waals surface area contributed by atoms with Crippen molar-refractivity contribution in [2.75, 3.05) is 5.32 Å². The van der Waals surface area contributed by atoms with Crippen LogP contribution < -0.4 is 10.6 Å². The first-order valence-electron chi connectivity index (χ1n) is 7.90. The van der Waals surface area contributed by atoms with E-state index in [1.54, 1.807) is 36.4 Å². The van der Waals surface area contributed by atoms with Crippen molar-refractivity contribution < 1.29 is 22.8 Å². The Kier molecular flexibility index (Phi) is 7.40. The van der Waals surface area contributed by atoms with Gasteiger partial charge in [0.25, 0.3) is 5.78 Å². The molecule has 0 saturated carbocycles. The van der Waals surface area contributed by atoms with Gasteiger partial charge in [-0.05, 0) is 52.4 Å². The fraction of sp³-hybridized carbons (Fsp3) is 0.158. The Morgan fingerprint density at radius 2 is 1.67 bits per heavy atom. The van der Waals surface area contributed by atoms with E-state index in [4.69, 9.17) is 0 Å². The predicted octanol–water partition coefficient (Wildman–Crippen LogP) is 4.08. The molecule has 8 heteroatoms. The molecule has 0 fully saturated rings. The van der Waals surface area contributed by atoms with Gasteiger partial charge in [-0.2, -0.15) is 13.2 Å². The molecule has 1 amide bonds. The van der Waals surface area contributed by atoms with Gasteiger partial charge in [0, 0.05) is 28.0 Å². The number of allylic oxidation sites excluding steroid dienone is 1. The summed E-state index contributed by atoms with van der Waals surface area (Å²) in [5, 5.41) is 5.30. The number of anilines is 1. The number of hydrogen-bond acceptors (Lipinski definition) is 3. The van der Waals surface area contributed by atoms with Crippen LogP contribution in [0.2, 0.25) is 0 Å². The maximum atomic E-state index is 12.6. The molecule has 2 N–H and O–H groups in total. The molecule has 0 spiro atoms. The summed E-state index contributed by atoms with van der Waals surface area (Å²) in [5.74, 6) is -2.42. The predicted molar refractivity (Wildman–Crippen MR) is 105 cm³/mol. The molecule has 1 unspecified atom stereocenters. The van der Waals surface area contributed by atoms with Gasteiger partial charge >= 0.3 is 6.18 Å². The van der Waals surface area contributed by atoms with Crippen LogP contribution in [0.15, 0.2) is 66.9 Å². The van der Waals surface area contributed by atoms with Gasteiger partial charge < -0.3 is 10.6 Å². The van der Waals surface area contributed by atoms with Crippen molar-refractivity contribution in [3.05, 3.63) is 76.0 Å². The number of rotatable bonds is 7. The van der Waals surface area contributed by atoms with E-state index < -0.39 is 23.9 Å². The Bertz CT molecular complexity index is 806. The van der Waals surface area contributed by atoms with Crippen molar-refractivity contribution in [1.29, 1.82) is 0 Å². The lowest BCUT2D eigenvalue weighted by atomic mass is 10.1. The number of nitrogens with one attached hydrogen (secondary N) is 2. The molecule has 0 aromatic heterocycles. The molecule has 2 rings (SSSR count). The zero-order chi connectivity index (χ0) is 19.9. The summed E-state index contributed by atoms with van der Waals surface area (Å²) in [6.07, 6.45) is -3.48. The average Bonchev–Trinajstić information content (AvgIpc) is 2.62. The number of hydrogen-bond donors (Lipinski definition) is 2. The second-order valence-corrected chi connectivity index (χ2v) is 6.85. The molecule has 0 bridgehead atoms. The fourth-order valence-corrected chi connectivity index (χ4v) is 2.53. The highest BCUT2D eigenvalue weighted by Gasteiger charge is 2.36. The van der Waals surface area contributed by atoms with Crippen LogP contribution in [0.4, 0.5) is 18.9 Å². The Morgan fingerprint density at radius 1 is 1.04 bits per heavy atom. The first-order valence-corrected chi connectivity index (χ1v) is 8.97. The molecule has 0 heterocycles. The van der Waals surface area contributed by atoms with Gasteiger partial charge in [0.05, 0.1) is 0 Å². The van der Waals surface area contributed by atoms with Crippen molar-refractivity contribution >= 4 is 40.0 Å². The van der Waals surface area contributed by atoms with Crippen LogP contribution >= 0.6 is 22.6 Å². The van der Waals surface area contributed by atoms with E-state index in [0.29, 0.717) is 11.8 Å². The topological polar surface area (TPSA) is 58.2 Å². The molecule has 2 aromatic carbocycles. The number of halogens is 4. The standard InChI is InChI=1S/C19H16F3IN2O2/c20-19(21,22)17(26)10-11-24-16(12-13-4-2-1-3-5-13)18(27)25-15-8-6-14(23)7-9-15/h1-11,16,24H,12H2,(H,25,27). The van der Waals surface area contributed by atoms with Crippen LogP contribution in [-0.4, -0.2) is 23.9 Å². The molecule has 0 radical (unpaired) electrons. The summed E-state index contributed by atoms with van der Waals surface area (Å²) in [6, 6.07) is 15.2. The third-order valence-corrected chi connectivity index (χ3v) is 4.24. The van der Waals surface area contributed by atoms with Crippen LogP contribution in [0.3, 0.4) is 0 Å². The van der Waals surface area contributed by atoms with Gasteiger partial charge in [-0.25, -0.2) is 0 Å². The Hall–Kier alpha value is -2.36. The molecule has 0 saturated heterocycles. The SMILES string of the molecule is O=C(Nc1ccc(I)cc1)C(Cc1ccccc1)NC=CC(=O)C(F)(F)F. The van der Waals surface area contributed by atoms with Crippen LogP contribution in [0, 0.1) is 3.57 Å². The van der Waals surface area contributed by atoms with Crippen molar-refractivity contribution in [3.8, 4) is 0 Å². The van der Waals surface area contributed by atoms with Crippen molar-refractivity contribution in [2.45, 2.75) is 18.6 Å². The smallest absolute Gasteiger partial charge is 0.379 e. The van der Waals surface area contributed by atoms with Gasteiger partial charge in [0.1, 0.15) is 6.04 Å². The highest BCUT2D eigenvalue weighted by molar-refractivity contribution is 14.1. The number of ketones is 1. The minimum atomic E-state index is -4.95. The molecule has 2 aromatic rings. The number of carbonyl (C=O) groups is 2. The molecular weight excluding hydrogens is 472 g/mol. The molecule has 1 atom stereocenters. The zero-order valence-electron chi connectivity index (χ0n) is 14.0. The van der Waals surface area contributed by atoms with Crippen molar-refractivity contribution in [3.63, 3.8) is 0 Å². The third-order valence-electron chi connectivity index (χ3n) is 3.52. The van der Waals surface area contributed by atoms with E-state index in [1.807, 2.05) is 18.2 Å². The van der Waals surface area contributed by atoms with Crippen LogP contribution in [0.25, 0.3) is 0 Å². The molecule has 142 valence electrons. The molecule has 27 heavy (non-hydrogen) atoms. The summed E-state index contributed by atoms with van der Waals surface area (Å²) in [7, 11) is 0. The van der Waals surface area contributed by atoms with E-state index in [0.717, 1.165) is 15.3 Å². The molecule has 0 aliphatic heterocycles. The van der Waals surface area contributed by atoms with E-state index in [2.05, 4.69) is 33.2 Å². The Balaban J connectivity index is 2.10. The first-order chi connectivity index (χ1) is 12.8. The van der Waals surface area contributed by atoms with E-state index >= 15 is 0 Å². The second kappa shape index (κ2) is 9.54. The summed E-state index contributed by atoms with van der Waals surface area (Å²) in [6.45, 7) is 0. The molecule has 0 aliphatic rings. The minimum absolute atomic E-state index is 0.238. The first kappa shape index (κ1) is 20.9. The van der Waals surface area contributed by atoms with Crippen LogP contribution in [0.1, 0.15) is 5.56 Å². The van der Waals surface area contributed by atoms with E-state index in [1.165, 1.54) is 0 Å². The summed E-state index contributed by atoms with van der Waals surface area (Å²) < 4.78 is 37.9. The molecular formula is C19H16F3IN2O2. The monoisotopic (exact) mass is 488 g/mol. The van der Waals surface area contributed by atoms with E-state index in [-0.39, 0.29) is 6.42 Å². The van der Waals surface area contributed by atoms with Crippen LogP contribution in [-0.2, 0) is 16.0 Å². The maximum Gasteiger partial charge on any atom is 0.454 e. The lowest BCUT2D eigenvalue weighted by Gasteiger charge is -2.17. The van der Waals surface area contributed by atoms with Crippen molar-refractivity contribution in [1.82, 2.24) is 5.32 Å². The van der Waals surface area contributed by atoms with Gasteiger partial charge in [-0.15, -0.1) is 0 Å². The van der Waals surface area contributed by atoms with Crippen molar-refractivity contribution in [2.24, 2.45) is 0 Å². The second-order valence-electron chi connectivity index (χ2n) is 5.60. The Morgan fingerprint density at radius 3 is 2.26 bits per heavy atom. The minimum Gasteiger partial charge on any atom is -0.379 e. The number of amides is 1. The normalized spacial score (nSPS) is 12.6. The zero-order valence-corrected chi connectivity index (χ0v) is 16.1. The molecule has 4 nitrogen and oxygen atoms in total. The Labute approximate surface area is 168 Å². The summed E-state index contributed by atoms with van der Waals surface area (Å²) in [5.41, 5.74) is 1.39. The van der Waals surface area contributed by atoms with Gasteiger partial charge in [-0.1, -0.05) is 30.3 Å². The number of alkyl halides is 3. The fourth-order valence-electron chi connectivity index (χ4n) is 2.17. The largest absolute Gasteiger partial charge is 0.454 e. The highest BCUT2D eigenvalue weighted by Crippen LogP contribution is 2.16. The van der Waals surface area contributed by atoms with E-state index in [9.17, 15) is 22.8 Å². The molecule has 0 aliphatic carbocycles. The average molecular weight is 488 g/mol. The maximum absolute atomic E-state index is 12.6. The highest BCUT2D eigenvalue weighted by atomic mass is 127. The van der Waals surface area contributed by atoms with Crippen LogP contribution in [0.5, 0.6) is 0 Å². The van der Waals surface area contributed by atoms with Gasteiger partial charge in [0.15, 0.2) is 0 Å². The lowest BCUT2D eigenvalue weighted by Crippen LogP contribution is -2.39. The quantitative estimate of drug-likeness (QED) is 0.457. The third kappa shape index (κ3) is 7.05. The number of carbonyl (C=O) groups excluding carboxylic acids is 2. The summed E-state index contributed by atoms with van der Waals surface area (Å²) in [4.78, 5) is 23.5. The number of benzene rings is 2. The van der Waals surface area contributed by atoms with Gasteiger partial charge in [-0.3, -0.25) is 9.59 Å².